The van der Waals surface area contributed by atoms with Crippen molar-refractivity contribution in [1.29, 1.82) is 0 Å². The lowest BCUT2D eigenvalue weighted by atomic mass is 10.0. The maximum atomic E-state index is 12.7. The Labute approximate surface area is 157 Å². The molecule has 1 unspecified atom stereocenters. The summed E-state index contributed by atoms with van der Waals surface area (Å²) in [4.78, 5) is 38.7. The van der Waals surface area contributed by atoms with Crippen molar-refractivity contribution in [2.75, 3.05) is 11.9 Å². The minimum atomic E-state index is -1.17. The van der Waals surface area contributed by atoms with Gasteiger partial charge >= 0.3 is 6.03 Å². The first-order valence-electron chi connectivity index (χ1n) is 7.25. The minimum Gasteiger partial charge on any atom is -0.322 e. The van der Waals surface area contributed by atoms with Crippen LogP contribution in [-0.2, 0) is 15.1 Å². The van der Waals surface area contributed by atoms with Crippen LogP contribution in [0.15, 0.2) is 35.7 Å². The first kappa shape index (κ1) is 17.7. The second kappa shape index (κ2) is 6.67. The largest absolute Gasteiger partial charge is 0.325 e. The maximum Gasteiger partial charge on any atom is 0.325 e. The molecule has 1 saturated heterocycles. The highest BCUT2D eigenvalue weighted by atomic mass is 35.5. The number of halogens is 2. The standard InChI is InChI=1S/C16H13Cl2N3O3S/c1-16(11-6-3-7-25-11)14(23)21(15(24)20-16)8-12(22)19-13-9(17)4-2-5-10(13)18/h2-7H,8H2,1H3,(H,19,22)(H,20,24). The van der Waals surface area contributed by atoms with Gasteiger partial charge in [0.2, 0.25) is 5.91 Å². The lowest BCUT2D eigenvalue weighted by Gasteiger charge is -2.20. The van der Waals surface area contributed by atoms with E-state index in [1.807, 2.05) is 5.38 Å². The Kier molecular flexibility index (Phi) is 4.73. The molecule has 2 N–H and O–H groups in total. The van der Waals surface area contributed by atoms with Crippen molar-refractivity contribution in [3.8, 4) is 0 Å². The van der Waals surface area contributed by atoms with Gasteiger partial charge in [0.1, 0.15) is 6.54 Å². The van der Waals surface area contributed by atoms with E-state index in [4.69, 9.17) is 23.2 Å². The Balaban J connectivity index is 1.76. The first-order chi connectivity index (χ1) is 11.8. The summed E-state index contributed by atoms with van der Waals surface area (Å²) in [5, 5.41) is 7.52. The maximum absolute atomic E-state index is 12.7. The molecule has 1 fully saturated rings. The number of nitrogens with zero attached hydrogens (tertiary/aromatic N) is 1. The summed E-state index contributed by atoms with van der Waals surface area (Å²) in [5.74, 6) is -1.06. The van der Waals surface area contributed by atoms with Crippen molar-refractivity contribution in [1.82, 2.24) is 10.2 Å². The quantitative estimate of drug-likeness (QED) is 0.775. The second-order valence-corrected chi connectivity index (χ2v) is 7.33. The zero-order valence-electron chi connectivity index (χ0n) is 13.0. The average Bonchev–Trinajstić information content (AvgIpc) is 3.16. The average molecular weight is 398 g/mol. The molecule has 0 aliphatic carbocycles. The van der Waals surface area contributed by atoms with Crippen molar-refractivity contribution in [3.63, 3.8) is 0 Å². The molecule has 0 radical (unpaired) electrons. The number of anilines is 1. The van der Waals surface area contributed by atoms with E-state index in [2.05, 4.69) is 10.6 Å². The van der Waals surface area contributed by atoms with Crippen LogP contribution in [0.2, 0.25) is 10.0 Å². The molecule has 1 aliphatic rings. The highest BCUT2D eigenvalue weighted by Gasteiger charge is 2.50. The van der Waals surface area contributed by atoms with E-state index in [-0.39, 0.29) is 15.7 Å². The smallest absolute Gasteiger partial charge is 0.322 e. The Morgan fingerprint density at radius 1 is 1.24 bits per heavy atom. The van der Waals surface area contributed by atoms with Gasteiger partial charge in [0.05, 0.1) is 15.7 Å². The summed E-state index contributed by atoms with van der Waals surface area (Å²) in [6.07, 6.45) is 0. The lowest BCUT2D eigenvalue weighted by molar-refractivity contribution is -0.133. The van der Waals surface area contributed by atoms with E-state index in [1.165, 1.54) is 11.3 Å². The molecule has 2 aromatic rings. The zero-order chi connectivity index (χ0) is 18.2. The fourth-order valence-electron chi connectivity index (χ4n) is 2.51. The van der Waals surface area contributed by atoms with E-state index < -0.39 is 29.9 Å². The Morgan fingerprint density at radius 3 is 2.52 bits per heavy atom. The van der Waals surface area contributed by atoms with E-state index in [1.54, 1.807) is 37.3 Å². The Bertz CT molecular complexity index is 836. The van der Waals surface area contributed by atoms with E-state index in [0.717, 1.165) is 4.90 Å². The van der Waals surface area contributed by atoms with Crippen LogP contribution in [0.1, 0.15) is 11.8 Å². The number of imide groups is 1. The predicted molar refractivity (Wildman–Crippen MR) is 97.0 cm³/mol. The number of benzene rings is 1. The Hall–Kier alpha value is -2.09. The normalized spacial score (nSPS) is 19.9. The van der Waals surface area contributed by atoms with Crippen LogP contribution in [0.3, 0.4) is 0 Å². The highest BCUT2D eigenvalue weighted by Crippen LogP contribution is 2.32. The summed E-state index contributed by atoms with van der Waals surface area (Å²) in [7, 11) is 0. The number of thiophene rings is 1. The first-order valence-corrected chi connectivity index (χ1v) is 8.88. The van der Waals surface area contributed by atoms with E-state index >= 15 is 0 Å². The monoisotopic (exact) mass is 397 g/mol. The van der Waals surface area contributed by atoms with Gasteiger partial charge < -0.3 is 10.6 Å². The van der Waals surface area contributed by atoms with E-state index in [9.17, 15) is 14.4 Å². The van der Waals surface area contributed by atoms with Crippen molar-refractivity contribution < 1.29 is 14.4 Å². The number of nitrogens with one attached hydrogen (secondary N) is 2. The molecule has 130 valence electrons. The SMILES string of the molecule is CC1(c2cccs2)NC(=O)N(CC(=O)Nc2c(Cl)cccc2Cl)C1=O. The van der Waals surface area contributed by atoms with Gasteiger partial charge in [0.25, 0.3) is 5.91 Å². The van der Waals surface area contributed by atoms with Crippen LogP contribution in [0.25, 0.3) is 0 Å². The van der Waals surface area contributed by atoms with Gasteiger partial charge in [-0.2, -0.15) is 0 Å². The van der Waals surface area contributed by atoms with Crippen LogP contribution in [0.5, 0.6) is 0 Å². The van der Waals surface area contributed by atoms with Crippen LogP contribution >= 0.6 is 34.5 Å². The lowest BCUT2D eigenvalue weighted by Crippen LogP contribution is -2.41. The molecule has 25 heavy (non-hydrogen) atoms. The van der Waals surface area contributed by atoms with Gasteiger partial charge in [-0.05, 0) is 30.5 Å². The van der Waals surface area contributed by atoms with E-state index in [0.29, 0.717) is 4.88 Å². The van der Waals surface area contributed by atoms with Crippen LogP contribution in [-0.4, -0.2) is 29.3 Å². The molecule has 6 nitrogen and oxygen atoms in total. The molecular formula is C16H13Cl2N3O3S. The fraction of sp³-hybridized carbons (Fsp3) is 0.188. The molecule has 4 amide bonds. The third-order valence-corrected chi connectivity index (χ3v) is 5.54. The number of rotatable bonds is 4. The van der Waals surface area contributed by atoms with Gasteiger partial charge in [0, 0.05) is 4.88 Å². The van der Waals surface area contributed by atoms with Crippen molar-refractivity contribution >= 4 is 58.1 Å². The van der Waals surface area contributed by atoms with Gasteiger partial charge in [-0.25, -0.2) is 4.79 Å². The van der Waals surface area contributed by atoms with Crippen molar-refractivity contribution in [2.45, 2.75) is 12.5 Å². The molecule has 3 rings (SSSR count). The minimum absolute atomic E-state index is 0.240. The third-order valence-electron chi connectivity index (χ3n) is 3.82. The topological polar surface area (TPSA) is 78.5 Å². The Morgan fingerprint density at radius 2 is 1.92 bits per heavy atom. The predicted octanol–water partition coefficient (Wildman–Crippen LogP) is 3.46. The molecule has 1 aliphatic heterocycles. The molecule has 2 heterocycles. The molecule has 9 heteroatoms. The highest BCUT2D eigenvalue weighted by molar-refractivity contribution is 7.10. The van der Waals surface area contributed by atoms with Gasteiger partial charge in [-0.15, -0.1) is 11.3 Å². The third kappa shape index (κ3) is 3.22. The summed E-state index contributed by atoms with van der Waals surface area (Å²) < 4.78 is 0. The van der Waals surface area contributed by atoms with Crippen LogP contribution in [0.4, 0.5) is 10.5 Å². The molecule has 1 atom stereocenters. The number of hydrogen-bond acceptors (Lipinski definition) is 4. The molecule has 1 aromatic heterocycles. The van der Waals surface area contributed by atoms with Crippen LogP contribution in [0, 0.1) is 0 Å². The van der Waals surface area contributed by atoms with Crippen molar-refractivity contribution in [3.05, 3.63) is 50.6 Å². The van der Waals surface area contributed by atoms with Gasteiger partial charge in [-0.1, -0.05) is 35.3 Å². The summed E-state index contributed by atoms with van der Waals surface area (Å²) in [6.45, 7) is 1.18. The molecule has 0 spiro atoms. The summed E-state index contributed by atoms with van der Waals surface area (Å²) >= 11 is 13.4. The second-order valence-electron chi connectivity index (χ2n) is 5.57. The summed E-state index contributed by atoms with van der Waals surface area (Å²) in [6, 6.07) is 7.72. The number of carbonyl (C=O) groups is 3. The zero-order valence-corrected chi connectivity index (χ0v) is 15.3. The number of carbonyl (C=O) groups excluding carboxylic acids is 3. The molecular weight excluding hydrogens is 385 g/mol. The molecule has 1 aromatic carbocycles. The van der Waals surface area contributed by atoms with Crippen molar-refractivity contribution in [2.24, 2.45) is 0 Å². The summed E-state index contributed by atoms with van der Waals surface area (Å²) in [5.41, 5.74) is -0.933. The molecule has 0 bridgehead atoms. The van der Waals surface area contributed by atoms with Gasteiger partial charge in [-0.3, -0.25) is 14.5 Å². The number of hydrogen-bond donors (Lipinski definition) is 2. The van der Waals surface area contributed by atoms with Crippen LogP contribution < -0.4 is 10.6 Å². The van der Waals surface area contributed by atoms with Gasteiger partial charge in [0.15, 0.2) is 5.54 Å². The number of urea groups is 1. The molecule has 0 saturated carbocycles. The number of para-hydroxylation sites is 1. The fourth-order valence-corrected chi connectivity index (χ4v) is 3.84. The number of amides is 4.